The molecule has 0 spiro atoms. The van der Waals surface area contributed by atoms with Gasteiger partial charge in [0.15, 0.2) is 9.84 Å². The highest BCUT2D eigenvalue weighted by atomic mass is 35.5. The van der Waals surface area contributed by atoms with Gasteiger partial charge in [-0.15, -0.1) is 0 Å². The highest BCUT2D eigenvalue weighted by Gasteiger charge is 2.06. The van der Waals surface area contributed by atoms with Crippen LogP contribution in [0.4, 0.5) is 5.69 Å². The van der Waals surface area contributed by atoms with Crippen LogP contribution >= 0.6 is 11.6 Å². The second-order valence-electron chi connectivity index (χ2n) is 4.42. The van der Waals surface area contributed by atoms with Gasteiger partial charge in [-0.05, 0) is 42.5 Å². The predicted molar refractivity (Wildman–Crippen MR) is 80.0 cm³/mol. The lowest BCUT2D eigenvalue weighted by atomic mass is 10.2. The Hall–Kier alpha value is -1.72. The van der Waals surface area contributed by atoms with Gasteiger partial charge in [-0.3, -0.25) is 0 Å². The lowest BCUT2D eigenvalue weighted by Gasteiger charge is -2.09. The van der Waals surface area contributed by atoms with Crippen molar-refractivity contribution in [2.45, 2.75) is 11.4 Å². The average molecular weight is 312 g/mol. The SMILES string of the molecule is CS(=O)(=O)c1ccc(NCc2cc(Cl)ccc2O)cc1. The van der Waals surface area contributed by atoms with E-state index in [1.807, 2.05) is 0 Å². The van der Waals surface area contributed by atoms with E-state index in [-0.39, 0.29) is 10.6 Å². The number of hydrogen-bond acceptors (Lipinski definition) is 4. The number of phenols is 1. The van der Waals surface area contributed by atoms with Crippen LogP contribution in [-0.2, 0) is 16.4 Å². The molecule has 0 bridgehead atoms. The summed E-state index contributed by atoms with van der Waals surface area (Å²) in [4.78, 5) is 0.272. The number of nitrogens with one attached hydrogen (secondary N) is 1. The second kappa shape index (κ2) is 5.73. The van der Waals surface area contributed by atoms with Gasteiger partial charge in [-0.1, -0.05) is 11.6 Å². The molecule has 2 aromatic carbocycles. The minimum absolute atomic E-state index is 0.162. The molecule has 0 heterocycles. The maximum Gasteiger partial charge on any atom is 0.175 e. The van der Waals surface area contributed by atoms with Crippen LogP contribution in [0.15, 0.2) is 47.4 Å². The van der Waals surface area contributed by atoms with E-state index >= 15 is 0 Å². The molecule has 4 nitrogen and oxygen atoms in total. The van der Waals surface area contributed by atoms with E-state index in [1.54, 1.807) is 24.3 Å². The fourth-order valence-electron chi connectivity index (χ4n) is 1.71. The number of hydrogen-bond donors (Lipinski definition) is 2. The fraction of sp³-hybridized carbons (Fsp3) is 0.143. The van der Waals surface area contributed by atoms with Gasteiger partial charge in [-0.2, -0.15) is 0 Å². The molecule has 2 N–H and O–H groups in total. The third-order valence-electron chi connectivity index (χ3n) is 2.81. The Morgan fingerprint density at radius 1 is 1.15 bits per heavy atom. The van der Waals surface area contributed by atoms with Crippen LogP contribution in [0.25, 0.3) is 0 Å². The van der Waals surface area contributed by atoms with E-state index in [4.69, 9.17) is 11.6 Å². The van der Waals surface area contributed by atoms with Crippen molar-refractivity contribution in [2.24, 2.45) is 0 Å². The van der Waals surface area contributed by atoms with Gasteiger partial charge in [0.2, 0.25) is 0 Å². The van der Waals surface area contributed by atoms with E-state index in [0.29, 0.717) is 17.1 Å². The van der Waals surface area contributed by atoms with Crippen LogP contribution < -0.4 is 5.32 Å². The van der Waals surface area contributed by atoms with Gasteiger partial charge in [0.1, 0.15) is 5.75 Å². The van der Waals surface area contributed by atoms with Crippen molar-refractivity contribution in [3.8, 4) is 5.75 Å². The summed E-state index contributed by atoms with van der Waals surface area (Å²) in [7, 11) is -3.18. The maximum atomic E-state index is 11.3. The van der Waals surface area contributed by atoms with Crippen molar-refractivity contribution in [2.75, 3.05) is 11.6 Å². The van der Waals surface area contributed by atoms with Crippen LogP contribution in [0.3, 0.4) is 0 Å². The molecule has 0 radical (unpaired) electrons. The van der Waals surface area contributed by atoms with Crippen molar-refractivity contribution in [3.05, 3.63) is 53.1 Å². The maximum absolute atomic E-state index is 11.3. The molecule has 106 valence electrons. The van der Waals surface area contributed by atoms with Crippen molar-refractivity contribution >= 4 is 27.1 Å². The molecule has 2 rings (SSSR count). The second-order valence-corrected chi connectivity index (χ2v) is 6.88. The molecule has 0 aromatic heterocycles. The quantitative estimate of drug-likeness (QED) is 0.910. The lowest BCUT2D eigenvalue weighted by molar-refractivity contribution is 0.469. The first-order chi connectivity index (χ1) is 9.36. The van der Waals surface area contributed by atoms with Crippen LogP contribution in [0.2, 0.25) is 5.02 Å². The van der Waals surface area contributed by atoms with Crippen molar-refractivity contribution in [1.82, 2.24) is 0 Å². The molecule has 0 fully saturated rings. The zero-order valence-corrected chi connectivity index (χ0v) is 12.4. The molecule has 0 saturated carbocycles. The molecule has 20 heavy (non-hydrogen) atoms. The minimum Gasteiger partial charge on any atom is -0.508 e. The molecule has 0 aliphatic rings. The molecular weight excluding hydrogens is 298 g/mol. The Kier molecular flexibility index (Phi) is 4.20. The molecule has 0 saturated heterocycles. The summed E-state index contributed by atoms with van der Waals surface area (Å²) in [5, 5.41) is 13.3. The van der Waals surface area contributed by atoms with Crippen LogP contribution in [-0.4, -0.2) is 19.8 Å². The Balaban J connectivity index is 2.10. The highest BCUT2D eigenvalue weighted by Crippen LogP contribution is 2.23. The van der Waals surface area contributed by atoms with Crippen LogP contribution in [0, 0.1) is 0 Å². The van der Waals surface area contributed by atoms with Crippen molar-refractivity contribution < 1.29 is 13.5 Å². The summed E-state index contributed by atoms with van der Waals surface area (Å²) in [5.41, 5.74) is 1.43. The summed E-state index contributed by atoms with van der Waals surface area (Å²) < 4.78 is 22.7. The normalized spacial score (nSPS) is 11.3. The van der Waals surface area contributed by atoms with Crippen LogP contribution in [0.5, 0.6) is 5.75 Å². The Morgan fingerprint density at radius 3 is 2.40 bits per heavy atom. The number of phenolic OH excluding ortho intramolecular Hbond substituents is 1. The van der Waals surface area contributed by atoms with E-state index < -0.39 is 9.84 Å². The summed E-state index contributed by atoms with van der Waals surface area (Å²) in [6.45, 7) is 0.393. The van der Waals surface area contributed by atoms with Gasteiger partial charge in [0.25, 0.3) is 0 Å². The fourth-order valence-corrected chi connectivity index (χ4v) is 2.54. The third-order valence-corrected chi connectivity index (χ3v) is 4.17. The van der Waals surface area contributed by atoms with Gasteiger partial charge in [-0.25, -0.2) is 8.42 Å². The summed E-state index contributed by atoms with van der Waals surface area (Å²) >= 11 is 5.86. The van der Waals surface area contributed by atoms with E-state index in [2.05, 4.69) is 5.32 Å². The monoisotopic (exact) mass is 311 g/mol. The first-order valence-electron chi connectivity index (χ1n) is 5.87. The first-order valence-corrected chi connectivity index (χ1v) is 8.14. The molecule has 0 aliphatic carbocycles. The number of anilines is 1. The van der Waals surface area contributed by atoms with E-state index in [0.717, 1.165) is 5.69 Å². The summed E-state index contributed by atoms with van der Waals surface area (Å²) in [6, 6.07) is 11.3. The van der Waals surface area contributed by atoms with E-state index in [9.17, 15) is 13.5 Å². The molecule has 0 amide bonds. The Bertz CT molecular complexity index is 712. The van der Waals surface area contributed by atoms with Crippen molar-refractivity contribution in [1.29, 1.82) is 0 Å². The molecule has 0 unspecified atom stereocenters. The molecule has 6 heteroatoms. The number of sulfone groups is 1. The first kappa shape index (κ1) is 14.7. The van der Waals surface area contributed by atoms with Crippen LogP contribution in [0.1, 0.15) is 5.56 Å². The number of aromatic hydroxyl groups is 1. The topological polar surface area (TPSA) is 66.4 Å². The smallest absolute Gasteiger partial charge is 0.175 e. The Labute approximate surface area is 122 Å². The van der Waals surface area contributed by atoms with Gasteiger partial charge < -0.3 is 10.4 Å². The molecular formula is C14H14ClNO3S. The third kappa shape index (κ3) is 3.65. The molecule has 0 aliphatic heterocycles. The van der Waals surface area contributed by atoms with E-state index in [1.165, 1.54) is 24.5 Å². The number of rotatable bonds is 4. The lowest BCUT2D eigenvalue weighted by Crippen LogP contribution is -2.01. The molecule has 2 aromatic rings. The number of halogens is 1. The number of benzene rings is 2. The van der Waals surface area contributed by atoms with Crippen molar-refractivity contribution in [3.63, 3.8) is 0 Å². The Morgan fingerprint density at radius 2 is 1.80 bits per heavy atom. The highest BCUT2D eigenvalue weighted by molar-refractivity contribution is 7.90. The molecule has 0 atom stereocenters. The minimum atomic E-state index is -3.18. The zero-order chi connectivity index (χ0) is 14.8. The summed E-state index contributed by atoms with van der Waals surface area (Å²) in [5.74, 6) is 0.162. The standard InChI is InChI=1S/C14H14ClNO3S/c1-20(18,19)13-5-3-12(4-6-13)16-9-10-8-11(15)2-7-14(10)17/h2-8,16-17H,9H2,1H3. The summed E-state index contributed by atoms with van der Waals surface area (Å²) in [6.07, 6.45) is 1.17. The van der Waals surface area contributed by atoms with Gasteiger partial charge >= 0.3 is 0 Å². The average Bonchev–Trinajstić information content (AvgIpc) is 2.39. The van der Waals surface area contributed by atoms with Gasteiger partial charge in [0.05, 0.1) is 4.90 Å². The van der Waals surface area contributed by atoms with Gasteiger partial charge in [0, 0.05) is 29.1 Å². The zero-order valence-electron chi connectivity index (χ0n) is 10.8. The predicted octanol–water partition coefficient (Wildman–Crippen LogP) is 3.06. The largest absolute Gasteiger partial charge is 0.508 e.